The highest BCUT2D eigenvalue weighted by Crippen LogP contribution is 2.26. The number of methoxy groups -OCH3 is 1. The van der Waals surface area contributed by atoms with Gasteiger partial charge in [0, 0.05) is 12.1 Å². The van der Waals surface area contributed by atoms with E-state index in [2.05, 4.69) is 10.4 Å². The number of carbonyl (C=O) groups is 1. The number of aromatic nitrogens is 2. The Morgan fingerprint density at radius 2 is 1.92 bits per heavy atom. The lowest BCUT2D eigenvalue weighted by molar-refractivity contribution is -0.389. The molecular weight excluding hydrogens is 334 g/mol. The van der Waals surface area contributed by atoms with E-state index >= 15 is 0 Å². The number of carbonyl (C=O) groups excluding carboxylic acids is 1. The van der Waals surface area contributed by atoms with Crippen LogP contribution >= 0.6 is 0 Å². The van der Waals surface area contributed by atoms with Gasteiger partial charge in [-0.2, -0.15) is 4.68 Å². The fraction of sp³-hybridized carbons (Fsp3) is 0.286. The Morgan fingerprint density at radius 3 is 2.44 bits per heavy atom. The molecule has 1 heterocycles. The third-order valence-corrected chi connectivity index (χ3v) is 3.45. The Morgan fingerprint density at radius 1 is 1.24 bits per heavy atom. The van der Waals surface area contributed by atoms with Gasteiger partial charge in [-0.05, 0) is 18.8 Å². The summed E-state index contributed by atoms with van der Waals surface area (Å²) < 4.78 is 6.18. The number of anilines is 1. The molecule has 25 heavy (non-hydrogen) atoms. The Kier molecular flexibility index (Phi) is 4.96. The molecule has 0 radical (unpaired) electrons. The van der Waals surface area contributed by atoms with E-state index in [0.29, 0.717) is 5.69 Å². The molecule has 1 N–H and O–H groups in total. The van der Waals surface area contributed by atoms with Gasteiger partial charge in [0.2, 0.25) is 0 Å². The quantitative estimate of drug-likeness (QED) is 0.622. The SMILES string of the molecule is COc1cc(NC(=O)C(C)n2nc([N+](=O)[O-])cc2C)cc([N+](=O)[O-])c1. The number of rotatable bonds is 6. The predicted octanol–water partition coefficient (Wildman–Crippen LogP) is 2.22. The van der Waals surface area contributed by atoms with E-state index in [9.17, 15) is 25.0 Å². The van der Waals surface area contributed by atoms with Crippen LogP contribution < -0.4 is 10.1 Å². The first-order valence-corrected chi connectivity index (χ1v) is 7.07. The number of nitrogens with one attached hydrogen (secondary N) is 1. The molecule has 11 nitrogen and oxygen atoms in total. The number of hydrogen-bond acceptors (Lipinski definition) is 7. The van der Waals surface area contributed by atoms with E-state index in [1.54, 1.807) is 6.92 Å². The Labute approximate surface area is 141 Å². The number of nitrogens with zero attached hydrogens (tertiary/aromatic N) is 4. The maximum Gasteiger partial charge on any atom is 0.390 e. The van der Waals surface area contributed by atoms with Gasteiger partial charge in [-0.25, -0.2) is 0 Å². The number of ether oxygens (including phenoxy) is 1. The molecule has 2 rings (SSSR count). The summed E-state index contributed by atoms with van der Waals surface area (Å²) in [6.07, 6.45) is 0. The lowest BCUT2D eigenvalue weighted by Crippen LogP contribution is -2.25. The van der Waals surface area contributed by atoms with Gasteiger partial charge in [-0.3, -0.25) is 14.9 Å². The van der Waals surface area contributed by atoms with Crippen molar-refractivity contribution in [1.82, 2.24) is 9.78 Å². The molecule has 0 bridgehead atoms. The highest BCUT2D eigenvalue weighted by atomic mass is 16.6. The highest BCUT2D eigenvalue weighted by molar-refractivity contribution is 5.94. The minimum atomic E-state index is -0.862. The van der Waals surface area contributed by atoms with Crippen LogP contribution in [-0.4, -0.2) is 32.6 Å². The predicted molar refractivity (Wildman–Crippen MR) is 86.6 cm³/mol. The average molecular weight is 349 g/mol. The summed E-state index contributed by atoms with van der Waals surface area (Å²) in [4.78, 5) is 32.8. The van der Waals surface area contributed by atoms with Crippen LogP contribution in [0.3, 0.4) is 0 Å². The molecular formula is C14H15N5O6. The van der Waals surface area contributed by atoms with Crippen molar-refractivity contribution >= 4 is 23.1 Å². The smallest absolute Gasteiger partial charge is 0.390 e. The molecule has 1 aromatic heterocycles. The molecule has 11 heteroatoms. The number of nitro groups is 2. The number of non-ortho nitro benzene ring substituents is 1. The fourth-order valence-electron chi connectivity index (χ4n) is 2.19. The average Bonchev–Trinajstić information content (AvgIpc) is 2.95. The number of hydrogen-bond donors (Lipinski definition) is 1. The topological polar surface area (TPSA) is 142 Å². The minimum absolute atomic E-state index is 0.169. The van der Waals surface area contributed by atoms with Gasteiger partial charge in [-0.1, -0.05) is 0 Å². The zero-order valence-corrected chi connectivity index (χ0v) is 13.6. The summed E-state index contributed by atoms with van der Waals surface area (Å²) in [7, 11) is 1.35. The van der Waals surface area contributed by atoms with Crippen molar-refractivity contribution in [3.63, 3.8) is 0 Å². The Bertz CT molecular complexity index is 846. The Balaban J connectivity index is 2.25. The second-order valence-corrected chi connectivity index (χ2v) is 5.19. The third-order valence-electron chi connectivity index (χ3n) is 3.45. The van der Waals surface area contributed by atoms with Gasteiger partial charge in [-0.15, -0.1) is 0 Å². The fourth-order valence-corrected chi connectivity index (χ4v) is 2.19. The van der Waals surface area contributed by atoms with Gasteiger partial charge in [0.1, 0.15) is 11.8 Å². The summed E-state index contributed by atoms with van der Waals surface area (Å²) in [5.41, 5.74) is 0.362. The van der Waals surface area contributed by atoms with Gasteiger partial charge in [0.15, 0.2) is 0 Å². The monoisotopic (exact) mass is 349 g/mol. The first kappa shape index (κ1) is 17.8. The first-order valence-electron chi connectivity index (χ1n) is 7.07. The van der Waals surface area contributed by atoms with Crippen molar-refractivity contribution in [3.8, 4) is 5.75 Å². The Hall–Kier alpha value is -3.50. The van der Waals surface area contributed by atoms with Crippen LogP contribution in [0.15, 0.2) is 24.3 Å². The van der Waals surface area contributed by atoms with Crippen LogP contribution in [0, 0.1) is 27.2 Å². The van der Waals surface area contributed by atoms with Gasteiger partial charge in [0.05, 0.1) is 40.6 Å². The molecule has 0 saturated carbocycles. The van der Waals surface area contributed by atoms with Crippen LogP contribution in [0.1, 0.15) is 18.7 Å². The summed E-state index contributed by atoms with van der Waals surface area (Å²) in [5, 5.41) is 28.0. The molecule has 0 aliphatic heterocycles. The summed E-state index contributed by atoms with van der Waals surface area (Å²) in [5.74, 6) is -0.694. The molecule has 0 aliphatic rings. The minimum Gasteiger partial charge on any atom is -0.496 e. The lowest BCUT2D eigenvalue weighted by Gasteiger charge is -2.12. The van der Waals surface area contributed by atoms with E-state index in [1.807, 2.05) is 0 Å². The molecule has 0 fully saturated rings. The van der Waals surface area contributed by atoms with Gasteiger partial charge in [0.25, 0.3) is 11.6 Å². The second kappa shape index (κ2) is 6.95. The first-order chi connectivity index (χ1) is 11.7. The number of benzene rings is 1. The standard InChI is InChI=1S/C14H15N5O6/c1-8-4-13(19(23)24)16-17(8)9(2)14(20)15-10-5-11(18(21)22)7-12(6-10)25-3/h4-7,9H,1-3H3,(H,15,20). The van der Waals surface area contributed by atoms with Crippen LogP contribution in [0.2, 0.25) is 0 Å². The maximum atomic E-state index is 12.4. The zero-order valence-electron chi connectivity index (χ0n) is 13.6. The molecule has 0 saturated heterocycles. The molecule has 1 unspecified atom stereocenters. The zero-order chi connectivity index (χ0) is 18.7. The summed E-state index contributed by atoms with van der Waals surface area (Å²) in [6, 6.07) is 4.22. The number of amides is 1. The van der Waals surface area contributed by atoms with Gasteiger partial charge < -0.3 is 20.2 Å². The number of aryl methyl sites for hydroxylation is 1. The molecule has 2 aromatic rings. The van der Waals surface area contributed by atoms with Crippen LogP contribution in [0.25, 0.3) is 0 Å². The van der Waals surface area contributed by atoms with E-state index in [-0.39, 0.29) is 22.9 Å². The molecule has 1 aromatic carbocycles. The summed E-state index contributed by atoms with van der Waals surface area (Å²) in [6.45, 7) is 3.09. The van der Waals surface area contributed by atoms with Crippen LogP contribution in [0.4, 0.5) is 17.2 Å². The van der Waals surface area contributed by atoms with Crippen molar-refractivity contribution < 1.29 is 19.4 Å². The number of nitro benzene ring substituents is 1. The van der Waals surface area contributed by atoms with Crippen molar-refractivity contribution in [2.45, 2.75) is 19.9 Å². The molecule has 1 amide bonds. The second-order valence-electron chi connectivity index (χ2n) is 5.19. The molecule has 1 atom stereocenters. The normalized spacial score (nSPS) is 11.6. The van der Waals surface area contributed by atoms with Crippen molar-refractivity contribution in [1.29, 1.82) is 0 Å². The summed E-state index contributed by atoms with van der Waals surface area (Å²) >= 11 is 0. The van der Waals surface area contributed by atoms with Crippen LogP contribution in [-0.2, 0) is 4.79 Å². The third kappa shape index (κ3) is 3.88. The molecule has 0 aliphatic carbocycles. The van der Waals surface area contributed by atoms with E-state index in [0.717, 1.165) is 0 Å². The lowest BCUT2D eigenvalue weighted by atomic mass is 10.2. The van der Waals surface area contributed by atoms with Crippen LogP contribution in [0.5, 0.6) is 5.75 Å². The van der Waals surface area contributed by atoms with Crippen molar-refractivity contribution in [2.24, 2.45) is 0 Å². The molecule has 0 spiro atoms. The molecule has 132 valence electrons. The largest absolute Gasteiger partial charge is 0.496 e. The van der Waals surface area contributed by atoms with E-state index in [1.165, 1.54) is 43.0 Å². The van der Waals surface area contributed by atoms with Crippen molar-refractivity contribution in [3.05, 3.63) is 50.2 Å². The van der Waals surface area contributed by atoms with Gasteiger partial charge >= 0.3 is 5.82 Å². The van der Waals surface area contributed by atoms with Crippen molar-refractivity contribution in [2.75, 3.05) is 12.4 Å². The maximum absolute atomic E-state index is 12.4. The van der Waals surface area contributed by atoms with E-state index in [4.69, 9.17) is 4.74 Å². The highest BCUT2D eigenvalue weighted by Gasteiger charge is 2.25. The van der Waals surface area contributed by atoms with E-state index < -0.39 is 21.8 Å².